The normalized spacial score (nSPS) is 12.8. The zero-order valence-electron chi connectivity index (χ0n) is 17.7. The number of aromatic nitrogens is 1. The summed E-state index contributed by atoms with van der Waals surface area (Å²) < 4.78 is 5.21. The van der Waals surface area contributed by atoms with Crippen molar-refractivity contribution in [3.63, 3.8) is 0 Å². The van der Waals surface area contributed by atoms with E-state index in [0.29, 0.717) is 0 Å². The summed E-state index contributed by atoms with van der Waals surface area (Å²) in [6.07, 6.45) is 0. The molecule has 0 spiro atoms. The third-order valence-corrected chi connectivity index (χ3v) is 8.08. The molecule has 7 aromatic rings. The quantitative estimate of drug-likeness (QED) is 0.248. The topological polar surface area (TPSA) is 8.17 Å². The van der Waals surface area contributed by atoms with Gasteiger partial charge in [-0.1, -0.05) is 72.8 Å². The fourth-order valence-electron chi connectivity index (χ4n) is 5.56. The minimum atomic E-state index is 1.18. The van der Waals surface area contributed by atoms with Crippen LogP contribution >= 0.6 is 11.3 Å². The highest BCUT2D eigenvalue weighted by Crippen LogP contribution is 2.51. The highest BCUT2D eigenvalue weighted by atomic mass is 32.1. The van der Waals surface area contributed by atoms with E-state index in [1.165, 1.54) is 64.7 Å². The van der Waals surface area contributed by atoms with E-state index in [9.17, 15) is 0 Å². The second kappa shape index (κ2) is 6.25. The van der Waals surface area contributed by atoms with Gasteiger partial charge < -0.3 is 9.47 Å². The van der Waals surface area contributed by atoms with Crippen LogP contribution in [-0.4, -0.2) is 4.57 Å². The van der Waals surface area contributed by atoms with E-state index in [1.54, 1.807) is 0 Å². The van der Waals surface area contributed by atoms with E-state index >= 15 is 0 Å². The minimum absolute atomic E-state index is 1.18. The van der Waals surface area contributed by atoms with Gasteiger partial charge in [0.25, 0.3) is 0 Å². The highest BCUT2D eigenvalue weighted by Gasteiger charge is 2.29. The van der Waals surface area contributed by atoms with E-state index in [2.05, 4.69) is 119 Å². The predicted octanol–water partition coefficient (Wildman–Crippen LogP) is 8.93. The Morgan fingerprint density at radius 3 is 2.03 bits per heavy atom. The molecule has 8 rings (SSSR count). The molecule has 1 aliphatic rings. The van der Waals surface area contributed by atoms with Crippen molar-refractivity contribution in [2.45, 2.75) is 0 Å². The molecule has 2 aromatic heterocycles. The molecule has 154 valence electrons. The number of thiophene rings is 1. The van der Waals surface area contributed by atoms with Crippen LogP contribution in [0.2, 0.25) is 0 Å². The summed E-state index contributed by atoms with van der Waals surface area (Å²) in [5, 5.41) is 5.30. The second-order valence-electron chi connectivity index (χ2n) is 8.61. The second-order valence-corrected chi connectivity index (χ2v) is 9.66. The Morgan fingerprint density at radius 1 is 0.455 bits per heavy atom. The molecule has 0 saturated heterocycles. The first-order chi connectivity index (χ1) is 16.4. The van der Waals surface area contributed by atoms with Gasteiger partial charge in [-0.2, -0.15) is 0 Å². The van der Waals surface area contributed by atoms with Gasteiger partial charge in [-0.25, -0.2) is 0 Å². The number of hydrogen-bond donors (Lipinski definition) is 0. The average molecular weight is 439 g/mol. The summed E-state index contributed by atoms with van der Waals surface area (Å²) in [5.74, 6) is 0. The number of benzene rings is 5. The Bertz CT molecular complexity index is 1870. The zero-order valence-corrected chi connectivity index (χ0v) is 18.5. The van der Waals surface area contributed by atoms with E-state index in [1.807, 2.05) is 11.3 Å². The van der Waals surface area contributed by atoms with Crippen LogP contribution in [0.25, 0.3) is 47.7 Å². The van der Waals surface area contributed by atoms with Crippen LogP contribution in [0.5, 0.6) is 0 Å². The molecule has 0 aliphatic carbocycles. The van der Waals surface area contributed by atoms with Crippen LogP contribution in [0.1, 0.15) is 0 Å². The number of rotatable bonds is 1. The monoisotopic (exact) mass is 438 g/mol. The van der Waals surface area contributed by atoms with Gasteiger partial charge >= 0.3 is 0 Å². The largest absolute Gasteiger partial charge is 0.306 e. The third kappa shape index (κ3) is 2.17. The van der Waals surface area contributed by atoms with Crippen LogP contribution in [-0.2, 0) is 0 Å². The molecular weight excluding hydrogens is 420 g/mol. The lowest BCUT2D eigenvalue weighted by Gasteiger charge is -2.33. The van der Waals surface area contributed by atoms with Crippen molar-refractivity contribution in [3.05, 3.63) is 109 Å². The van der Waals surface area contributed by atoms with E-state index in [0.717, 1.165) is 0 Å². The average Bonchev–Trinajstić information content (AvgIpc) is 3.42. The van der Waals surface area contributed by atoms with Crippen LogP contribution < -0.4 is 4.90 Å². The molecule has 0 unspecified atom stereocenters. The summed E-state index contributed by atoms with van der Waals surface area (Å²) in [6, 6.07) is 39.6. The molecule has 0 N–H and O–H groups in total. The molecule has 1 aliphatic heterocycles. The van der Waals surface area contributed by atoms with Gasteiger partial charge in [0.1, 0.15) is 0 Å². The summed E-state index contributed by atoms with van der Waals surface area (Å²) in [5.41, 5.74) is 7.43. The molecule has 0 fully saturated rings. The zero-order chi connectivity index (χ0) is 21.5. The summed E-state index contributed by atoms with van der Waals surface area (Å²) in [6.45, 7) is 0. The molecule has 0 atom stereocenters. The lowest BCUT2D eigenvalue weighted by atomic mass is 10.1. The predicted molar refractivity (Wildman–Crippen MR) is 142 cm³/mol. The van der Waals surface area contributed by atoms with Gasteiger partial charge in [0.2, 0.25) is 0 Å². The summed E-state index contributed by atoms with van der Waals surface area (Å²) in [4.78, 5) is 2.40. The van der Waals surface area contributed by atoms with Crippen molar-refractivity contribution < 1.29 is 0 Å². The van der Waals surface area contributed by atoms with Crippen molar-refractivity contribution in [2.24, 2.45) is 0 Å². The number of hydrogen-bond acceptors (Lipinski definition) is 2. The minimum Gasteiger partial charge on any atom is -0.306 e. The van der Waals surface area contributed by atoms with Crippen molar-refractivity contribution in [1.82, 2.24) is 4.57 Å². The first-order valence-electron chi connectivity index (χ1n) is 11.2. The van der Waals surface area contributed by atoms with Crippen LogP contribution in [0.15, 0.2) is 109 Å². The lowest BCUT2D eigenvalue weighted by molar-refractivity contribution is 1.12. The summed E-state index contributed by atoms with van der Waals surface area (Å²) in [7, 11) is 0. The third-order valence-electron chi connectivity index (χ3n) is 6.89. The van der Waals surface area contributed by atoms with Gasteiger partial charge in [0.05, 0.1) is 32.8 Å². The Hall–Kier alpha value is -4.08. The number of para-hydroxylation sites is 4. The molecule has 5 aromatic carbocycles. The van der Waals surface area contributed by atoms with Crippen molar-refractivity contribution >= 4 is 70.4 Å². The smallest absolute Gasteiger partial charge is 0.0783 e. The molecule has 0 bridgehead atoms. The standard InChI is InChI=1S/C30H18N2S/c1-2-9-19(10-3-1)31-24-13-5-6-14-25(24)32-28-21(12-8-15-26(28)31)22-17-18-23-20-11-4-7-16-27(20)33-30(23)29(22)32/h1-18H. The van der Waals surface area contributed by atoms with Crippen molar-refractivity contribution in [3.8, 4) is 5.69 Å². The molecule has 0 radical (unpaired) electrons. The van der Waals surface area contributed by atoms with Gasteiger partial charge in [-0.05, 0) is 36.4 Å². The van der Waals surface area contributed by atoms with Crippen molar-refractivity contribution in [1.29, 1.82) is 0 Å². The molecule has 2 nitrogen and oxygen atoms in total. The fraction of sp³-hybridized carbons (Fsp3) is 0. The van der Waals surface area contributed by atoms with E-state index < -0.39 is 0 Å². The Labute approximate surface area is 194 Å². The van der Waals surface area contributed by atoms with Crippen LogP contribution in [0.3, 0.4) is 0 Å². The van der Waals surface area contributed by atoms with E-state index in [-0.39, 0.29) is 0 Å². The molecule has 33 heavy (non-hydrogen) atoms. The maximum Gasteiger partial charge on any atom is 0.0783 e. The molecule has 0 saturated carbocycles. The van der Waals surface area contributed by atoms with E-state index in [4.69, 9.17) is 0 Å². The van der Waals surface area contributed by atoms with Gasteiger partial charge in [0.15, 0.2) is 0 Å². The number of fused-ring (bicyclic) bond motifs is 9. The number of anilines is 3. The molecule has 3 heterocycles. The highest BCUT2D eigenvalue weighted by molar-refractivity contribution is 7.26. The Balaban J connectivity index is 1.62. The Morgan fingerprint density at radius 2 is 1.12 bits per heavy atom. The van der Waals surface area contributed by atoms with Gasteiger partial charge in [-0.3, -0.25) is 0 Å². The molecule has 3 heteroatoms. The van der Waals surface area contributed by atoms with Crippen molar-refractivity contribution in [2.75, 3.05) is 4.90 Å². The SMILES string of the molecule is c1ccc(N2c3ccccc3-n3c4c2cccc4c2ccc4c5ccccc5sc4c23)cc1. The van der Waals surface area contributed by atoms with Gasteiger partial charge in [0, 0.05) is 31.9 Å². The van der Waals surface area contributed by atoms with Crippen LogP contribution in [0, 0.1) is 0 Å². The maximum absolute atomic E-state index is 2.51. The number of nitrogens with zero attached hydrogens (tertiary/aromatic N) is 2. The Kier molecular flexibility index (Phi) is 3.31. The maximum atomic E-state index is 2.51. The summed E-state index contributed by atoms with van der Waals surface area (Å²) >= 11 is 1.90. The fourth-order valence-corrected chi connectivity index (χ4v) is 6.80. The lowest BCUT2D eigenvalue weighted by Crippen LogP contribution is -2.17. The first-order valence-corrected chi connectivity index (χ1v) is 12.0. The molecular formula is C30H18N2S. The van der Waals surface area contributed by atoms with Crippen LogP contribution in [0.4, 0.5) is 17.1 Å². The first kappa shape index (κ1) is 17.5. The molecule has 0 amide bonds. The van der Waals surface area contributed by atoms with Gasteiger partial charge in [-0.15, -0.1) is 11.3 Å².